The molecule has 0 saturated carbocycles. The molecule has 1 aromatic heterocycles. The Morgan fingerprint density at radius 1 is 1.24 bits per heavy atom. The van der Waals surface area contributed by atoms with Gasteiger partial charge in [0.2, 0.25) is 0 Å². The van der Waals surface area contributed by atoms with Gasteiger partial charge in [0, 0.05) is 11.5 Å². The predicted octanol–water partition coefficient (Wildman–Crippen LogP) is 3.75. The summed E-state index contributed by atoms with van der Waals surface area (Å²) in [5.74, 6) is 0.139. The lowest BCUT2D eigenvalue weighted by atomic mass is 10.2. The van der Waals surface area contributed by atoms with E-state index in [2.05, 4.69) is 0 Å². The molecular weight excluding hydrogens is 220 g/mol. The fourth-order valence-corrected chi connectivity index (χ4v) is 1.36. The van der Waals surface area contributed by atoms with Crippen molar-refractivity contribution in [1.82, 2.24) is 0 Å². The Bertz CT molecular complexity index is 501. The van der Waals surface area contributed by atoms with Gasteiger partial charge in [-0.2, -0.15) is 0 Å². The number of furan rings is 1. The molecule has 0 radical (unpaired) electrons. The van der Waals surface area contributed by atoms with Crippen LogP contribution in [0.25, 0.3) is 11.0 Å². The van der Waals surface area contributed by atoms with Crippen molar-refractivity contribution in [2.24, 2.45) is 0 Å². The first-order chi connectivity index (χ1) is 7.94. The summed E-state index contributed by atoms with van der Waals surface area (Å²) in [7, 11) is 0. The molecule has 2 rings (SSSR count). The minimum absolute atomic E-state index is 0.139. The molecule has 0 spiro atoms. The second-order valence-electron chi connectivity index (χ2n) is 4.67. The highest BCUT2D eigenvalue weighted by Gasteiger charge is 2.19. The van der Waals surface area contributed by atoms with Crippen LogP contribution in [-0.4, -0.2) is 11.8 Å². The minimum atomic E-state index is -0.767. The number of fused-ring (bicyclic) bond motifs is 1. The van der Waals surface area contributed by atoms with Gasteiger partial charge in [0.05, 0.1) is 0 Å². The van der Waals surface area contributed by atoms with E-state index in [1.807, 2.05) is 18.2 Å². The molecule has 17 heavy (non-hydrogen) atoms. The van der Waals surface area contributed by atoms with E-state index >= 15 is 0 Å². The van der Waals surface area contributed by atoms with Crippen molar-refractivity contribution in [1.29, 1.82) is 0 Å². The maximum atomic E-state index is 11.4. The quantitative estimate of drug-likeness (QED) is 0.705. The van der Waals surface area contributed by atoms with Gasteiger partial charge in [-0.1, -0.05) is 18.2 Å². The monoisotopic (exact) mass is 234 g/mol. The van der Waals surface area contributed by atoms with Crippen molar-refractivity contribution in [2.75, 3.05) is 0 Å². The SMILES string of the molecule is CC(C)(C)OC(=O)Oc1cc2ccccc2o1. The maximum absolute atomic E-state index is 11.4. The normalized spacial score (nSPS) is 11.5. The van der Waals surface area contributed by atoms with Gasteiger partial charge in [0.25, 0.3) is 5.95 Å². The molecule has 0 atom stereocenters. The molecule has 4 nitrogen and oxygen atoms in total. The number of carbonyl (C=O) groups excluding carboxylic acids is 1. The largest absolute Gasteiger partial charge is 0.516 e. The molecule has 0 aliphatic rings. The molecule has 0 bridgehead atoms. The average Bonchev–Trinajstić information content (AvgIpc) is 2.55. The van der Waals surface area contributed by atoms with E-state index in [4.69, 9.17) is 13.9 Å². The molecule has 0 saturated heterocycles. The average molecular weight is 234 g/mol. The second-order valence-corrected chi connectivity index (χ2v) is 4.67. The predicted molar refractivity (Wildman–Crippen MR) is 63.1 cm³/mol. The fourth-order valence-electron chi connectivity index (χ4n) is 1.36. The van der Waals surface area contributed by atoms with Gasteiger partial charge in [0.1, 0.15) is 11.2 Å². The number of carbonyl (C=O) groups is 1. The first-order valence-corrected chi connectivity index (χ1v) is 5.33. The van der Waals surface area contributed by atoms with E-state index < -0.39 is 11.8 Å². The van der Waals surface area contributed by atoms with Crippen molar-refractivity contribution in [3.05, 3.63) is 30.3 Å². The lowest BCUT2D eigenvalue weighted by Gasteiger charge is -2.17. The molecule has 1 aromatic carbocycles. The van der Waals surface area contributed by atoms with Gasteiger partial charge in [-0.15, -0.1) is 0 Å². The second kappa shape index (κ2) is 4.13. The van der Waals surface area contributed by atoms with Crippen molar-refractivity contribution in [2.45, 2.75) is 26.4 Å². The lowest BCUT2D eigenvalue weighted by Crippen LogP contribution is -2.25. The van der Waals surface area contributed by atoms with Gasteiger partial charge < -0.3 is 13.9 Å². The highest BCUT2D eigenvalue weighted by Crippen LogP contribution is 2.25. The molecule has 0 unspecified atom stereocenters. The van der Waals surface area contributed by atoms with Crippen LogP contribution in [0.2, 0.25) is 0 Å². The van der Waals surface area contributed by atoms with Crippen molar-refractivity contribution in [3.8, 4) is 5.95 Å². The topological polar surface area (TPSA) is 48.7 Å². The van der Waals surface area contributed by atoms with E-state index in [0.717, 1.165) is 5.39 Å². The summed E-state index contributed by atoms with van der Waals surface area (Å²) in [6, 6.07) is 9.07. The molecule has 4 heteroatoms. The Kier molecular flexibility index (Phi) is 2.79. The van der Waals surface area contributed by atoms with Crippen molar-refractivity contribution in [3.63, 3.8) is 0 Å². The summed E-state index contributed by atoms with van der Waals surface area (Å²) in [6.45, 7) is 5.31. The first kappa shape index (κ1) is 11.5. The molecule has 0 amide bonds. The third-order valence-electron chi connectivity index (χ3n) is 1.98. The number of ether oxygens (including phenoxy) is 2. The Morgan fingerprint density at radius 3 is 2.59 bits per heavy atom. The molecule has 0 fully saturated rings. The highest BCUT2D eigenvalue weighted by atomic mass is 16.8. The lowest BCUT2D eigenvalue weighted by molar-refractivity contribution is 0.0163. The summed E-state index contributed by atoms with van der Waals surface area (Å²) < 4.78 is 15.3. The third kappa shape index (κ3) is 3.00. The Morgan fingerprint density at radius 2 is 1.94 bits per heavy atom. The molecular formula is C13H14O4. The number of hydrogen-bond donors (Lipinski definition) is 0. The summed E-state index contributed by atoms with van der Waals surface area (Å²) in [6.07, 6.45) is -0.767. The van der Waals surface area contributed by atoms with E-state index in [-0.39, 0.29) is 5.95 Å². The zero-order valence-corrected chi connectivity index (χ0v) is 10.0. The molecule has 1 heterocycles. The molecule has 0 aliphatic heterocycles. The van der Waals surface area contributed by atoms with E-state index in [0.29, 0.717) is 5.58 Å². The van der Waals surface area contributed by atoms with E-state index in [1.54, 1.807) is 32.9 Å². The van der Waals surface area contributed by atoms with Gasteiger partial charge in [-0.25, -0.2) is 4.79 Å². The van der Waals surface area contributed by atoms with Gasteiger partial charge in [-0.3, -0.25) is 0 Å². The fraction of sp³-hybridized carbons (Fsp3) is 0.308. The van der Waals surface area contributed by atoms with Crippen LogP contribution in [0, 0.1) is 0 Å². The molecule has 0 N–H and O–H groups in total. The number of para-hydroxylation sites is 1. The Labute approximate surface area is 99.1 Å². The summed E-state index contributed by atoms with van der Waals surface area (Å²) >= 11 is 0. The smallest absolute Gasteiger partial charge is 0.428 e. The standard InChI is InChI=1S/C13H14O4/c1-13(2,3)17-12(14)16-11-8-9-6-4-5-7-10(9)15-11/h4-8H,1-3H3. The Hall–Kier alpha value is -1.97. The minimum Gasteiger partial charge on any atom is -0.428 e. The maximum Gasteiger partial charge on any atom is 0.516 e. The van der Waals surface area contributed by atoms with Gasteiger partial charge in [-0.05, 0) is 26.8 Å². The van der Waals surface area contributed by atoms with Crippen LogP contribution in [0.1, 0.15) is 20.8 Å². The first-order valence-electron chi connectivity index (χ1n) is 5.33. The number of hydrogen-bond acceptors (Lipinski definition) is 4. The summed E-state index contributed by atoms with van der Waals surface area (Å²) in [4.78, 5) is 11.4. The summed E-state index contributed by atoms with van der Waals surface area (Å²) in [5, 5.41) is 0.881. The van der Waals surface area contributed by atoms with E-state index in [9.17, 15) is 4.79 Å². The number of benzene rings is 1. The molecule has 90 valence electrons. The molecule has 2 aromatic rings. The zero-order chi connectivity index (χ0) is 12.5. The highest BCUT2D eigenvalue weighted by molar-refractivity contribution is 5.79. The van der Waals surface area contributed by atoms with Crippen LogP contribution < -0.4 is 4.74 Å². The van der Waals surface area contributed by atoms with Gasteiger partial charge in [0.15, 0.2) is 0 Å². The van der Waals surface area contributed by atoms with E-state index in [1.165, 1.54) is 0 Å². The van der Waals surface area contributed by atoms with Crippen LogP contribution in [0.4, 0.5) is 4.79 Å². The molecule has 0 aliphatic carbocycles. The zero-order valence-electron chi connectivity index (χ0n) is 10.0. The van der Waals surface area contributed by atoms with Crippen LogP contribution in [-0.2, 0) is 4.74 Å². The van der Waals surface area contributed by atoms with Crippen LogP contribution in [0.15, 0.2) is 34.7 Å². The summed E-state index contributed by atoms with van der Waals surface area (Å²) in [5.41, 5.74) is 0.0920. The third-order valence-corrected chi connectivity index (χ3v) is 1.98. The van der Waals surface area contributed by atoms with Crippen molar-refractivity contribution >= 4 is 17.1 Å². The Balaban J connectivity index is 2.11. The van der Waals surface area contributed by atoms with Crippen LogP contribution in [0.5, 0.6) is 5.95 Å². The number of rotatable bonds is 1. The van der Waals surface area contributed by atoms with Gasteiger partial charge >= 0.3 is 6.16 Å². The van der Waals surface area contributed by atoms with Crippen LogP contribution >= 0.6 is 0 Å². The van der Waals surface area contributed by atoms with Crippen LogP contribution in [0.3, 0.4) is 0 Å². The van der Waals surface area contributed by atoms with Crippen molar-refractivity contribution < 1.29 is 18.7 Å².